The summed E-state index contributed by atoms with van der Waals surface area (Å²) in [7, 11) is 0. The summed E-state index contributed by atoms with van der Waals surface area (Å²) in [6.07, 6.45) is -1.58. The maximum atomic E-state index is 13.9. The predicted molar refractivity (Wildman–Crippen MR) is 113 cm³/mol. The topological polar surface area (TPSA) is 127 Å². The largest absolute Gasteiger partial charge is 0.368 e. The highest BCUT2D eigenvalue weighted by molar-refractivity contribution is 6.35. The fourth-order valence-electron chi connectivity index (χ4n) is 3.12. The summed E-state index contributed by atoms with van der Waals surface area (Å²) >= 11 is 12.1. The van der Waals surface area contributed by atoms with Crippen molar-refractivity contribution in [2.75, 3.05) is 11.1 Å². The average molecular weight is 485 g/mol. The number of nitrogens with two attached hydrogens (primary N) is 1. The Bertz CT molecular complexity index is 1380. The number of nitrogen functional groups attached to an aromatic ring is 1. The van der Waals surface area contributed by atoms with Crippen LogP contribution in [0.3, 0.4) is 0 Å². The number of H-pyrrole nitrogens is 1. The van der Waals surface area contributed by atoms with Gasteiger partial charge in [-0.2, -0.15) is 10.1 Å². The van der Waals surface area contributed by atoms with Crippen LogP contribution in [0.2, 0.25) is 10.0 Å². The van der Waals surface area contributed by atoms with E-state index in [1.807, 2.05) is 0 Å². The van der Waals surface area contributed by atoms with Gasteiger partial charge < -0.3 is 11.1 Å². The number of nitrogens with one attached hydrogen (secondary N) is 2. The predicted octanol–water partition coefficient (Wildman–Crippen LogP) is 4.04. The lowest BCUT2D eigenvalue weighted by atomic mass is 10.2. The molecule has 0 amide bonds. The Balaban J connectivity index is 1.91. The molecule has 9 nitrogen and oxygen atoms in total. The monoisotopic (exact) mass is 484 g/mol. The molecule has 1 atom stereocenters. The summed E-state index contributed by atoms with van der Waals surface area (Å²) in [5, 5.41) is 8.70. The van der Waals surface area contributed by atoms with Gasteiger partial charge in [0.15, 0.2) is 5.82 Å². The van der Waals surface area contributed by atoms with Gasteiger partial charge in [-0.3, -0.25) is 9.89 Å². The molecule has 0 saturated heterocycles. The Labute approximate surface area is 187 Å². The summed E-state index contributed by atoms with van der Waals surface area (Å²) in [5.74, 6) is -0.991. The van der Waals surface area contributed by atoms with Crippen LogP contribution < -0.4 is 16.6 Å². The maximum Gasteiger partial charge on any atom is 0.282 e. The van der Waals surface area contributed by atoms with Crippen LogP contribution in [0.15, 0.2) is 29.2 Å². The summed E-state index contributed by atoms with van der Waals surface area (Å²) < 4.78 is 41.5. The van der Waals surface area contributed by atoms with E-state index in [2.05, 4.69) is 30.5 Å². The molecule has 4 N–H and O–H groups in total. The zero-order valence-electron chi connectivity index (χ0n) is 16.1. The van der Waals surface area contributed by atoms with Crippen molar-refractivity contribution in [1.29, 1.82) is 0 Å². The molecule has 0 radical (unpaired) electrons. The number of rotatable bonds is 5. The Kier molecular flexibility index (Phi) is 5.65. The first-order valence-electron chi connectivity index (χ1n) is 8.96. The van der Waals surface area contributed by atoms with Crippen LogP contribution in [0.5, 0.6) is 0 Å². The van der Waals surface area contributed by atoms with Crippen molar-refractivity contribution in [3.8, 4) is 5.82 Å². The van der Waals surface area contributed by atoms with Crippen LogP contribution in [0.25, 0.3) is 16.7 Å². The van der Waals surface area contributed by atoms with E-state index in [9.17, 15) is 18.0 Å². The molecule has 0 spiro atoms. The molecule has 0 aliphatic carbocycles. The van der Waals surface area contributed by atoms with Crippen LogP contribution in [-0.4, -0.2) is 29.7 Å². The van der Waals surface area contributed by atoms with Crippen molar-refractivity contribution in [3.63, 3.8) is 0 Å². The second kappa shape index (κ2) is 8.28. The van der Waals surface area contributed by atoms with E-state index in [0.29, 0.717) is 0 Å². The Morgan fingerprint density at radius 3 is 2.62 bits per heavy atom. The number of aromatic amines is 1. The highest BCUT2D eigenvalue weighted by Gasteiger charge is 2.24. The summed E-state index contributed by atoms with van der Waals surface area (Å²) in [6, 6.07) is 2.70. The van der Waals surface area contributed by atoms with Gasteiger partial charge >= 0.3 is 0 Å². The molecule has 166 valence electrons. The Morgan fingerprint density at radius 2 is 1.97 bits per heavy atom. The van der Waals surface area contributed by atoms with Crippen LogP contribution >= 0.6 is 23.2 Å². The van der Waals surface area contributed by atoms with E-state index < -0.39 is 40.5 Å². The number of alkyl halides is 2. The minimum absolute atomic E-state index is 0.0547. The molecule has 1 unspecified atom stereocenters. The first-order chi connectivity index (χ1) is 15.2. The van der Waals surface area contributed by atoms with Crippen molar-refractivity contribution in [2.24, 2.45) is 0 Å². The molecule has 1 aromatic carbocycles. The number of hydrogen-bond donors (Lipinski definition) is 3. The van der Waals surface area contributed by atoms with Gasteiger partial charge in [0, 0.05) is 6.07 Å². The molecule has 4 rings (SSSR count). The third-order valence-corrected chi connectivity index (χ3v) is 5.15. The van der Waals surface area contributed by atoms with Crippen molar-refractivity contribution >= 4 is 45.9 Å². The summed E-state index contributed by atoms with van der Waals surface area (Å²) in [5.41, 5.74) is 4.20. The average Bonchev–Trinajstić information content (AvgIpc) is 3.25. The van der Waals surface area contributed by atoms with E-state index in [1.165, 1.54) is 12.3 Å². The number of anilines is 2. The summed E-state index contributed by atoms with van der Waals surface area (Å²) in [6.45, 7) is 1.58. The SMILES string of the molecule is CC(Nc1nc(N)nc(C(F)F)c1Cl)c1nc2c(Cl)cc(F)cc2c(=O)n1-c1ccn[nH]1. The first-order valence-corrected chi connectivity index (χ1v) is 9.72. The maximum absolute atomic E-state index is 13.9. The van der Waals surface area contributed by atoms with Gasteiger partial charge in [-0.25, -0.2) is 27.7 Å². The number of benzene rings is 1. The van der Waals surface area contributed by atoms with Crippen LogP contribution in [-0.2, 0) is 0 Å². The summed E-state index contributed by atoms with van der Waals surface area (Å²) in [4.78, 5) is 25.0. The van der Waals surface area contributed by atoms with Gasteiger partial charge in [0.05, 0.1) is 28.2 Å². The smallest absolute Gasteiger partial charge is 0.282 e. The van der Waals surface area contributed by atoms with Crippen molar-refractivity contribution in [2.45, 2.75) is 19.4 Å². The lowest BCUT2D eigenvalue weighted by Crippen LogP contribution is -2.28. The minimum atomic E-state index is -2.99. The fraction of sp³-hybridized carbons (Fsp3) is 0.167. The molecule has 0 saturated carbocycles. The van der Waals surface area contributed by atoms with E-state index in [4.69, 9.17) is 28.9 Å². The number of fused-ring (bicyclic) bond motifs is 1. The highest BCUT2D eigenvalue weighted by Crippen LogP contribution is 2.33. The van der Waals surface area contributed by atoms with Gasteiger partial charge in [-0.1, -0.05) is 23.2 Å². The van der Waals surface area contributed by atoms with E-state index >= 15 is 0 Å². The van der Waals surface area contributed by atoms with E-state index in [1.54, 1.807) is 6.92 Å². The molecular weight excluding hydrogens is 472 g/mol. The lowest BCUT2D eigenvalue weighted by Gasteiger charge is -2.20. The lowest BCUT2D eigenvalue weighted by molar-refractivity contribution is 0.146. The molecule has 0 aliphatic heterocycles. The van der Waals surface area contributed by atoms with Gasteiger partial charge in [-0.05, 0) is 19.1 Å². The molecule has 0 bridgehead atoms. The zero-order valence-corrected chi connectivity index (χ0v) is 17.6. The number of aromatic nitrogens is 6. The standard InChI is InChI=1S/C18H13Cl2F3N8O/c1-6(26-15-11(20)13(14(22)23)28-18(24)29-15)16-27-12-8(4-7(21)5-9(12)19)17(32)31(16)10-2-3-25-30-10/h2-6,14H,1H3,(H,25,30)(H3,24,26,28,29). The molecular formula is C18H13Cl2F3N8O. The third kappa shape index (κ3) is 3.82. The molecule has 0 aliphatic rings. The van der Waals surface area contributed by atoms with Gasteiger partial charge in [0.1, 0.15) is 28.2 Å². The zero-order chi connectivity index (χ0) is 23.2. The second-order valence-corrected chi connectivity index (χ2v) is 7.42. The first kappa shape index (κ1) is 21.8. The van der Waals surface area contributed by atoms with Gasteiger partial charge in [0.2, 0.25) is 5.95 Å². The molecule has 3 aromatic heterocycles. The molecule has 0 fully saturated rings. The normalized spacial score (nSPS) is 12.5. The van der Waals surface area contributed by atoms with Crippen molar-refractivity contribution in [3.05, 3.63) is 62.1 Å². The molecule has 14 heteroatoms. The Morgan fingerprint density at radius 1 is 1.22 bits per heavy atom. The van der Waals surface area contributed by atoms with E-state index in [0.717, 1.165) is 16.7 Å². The fourth-order valence-corrected chi connectivity index (χ4v) is 3.59. The highest BCUT2D eigenvalue weighted by atomic mass is 35.5. The quantitative estimate of drug-likeness (QED) is 0.390. The van der Waals surface area contributed by atoms with Crippen molar-refractivity contribution < 1.29 is 13.2 Å². The van der Waals surface area contributed by atoms with Gasteiger partial charge in [0.25, 0.3) is 12.0 Å². The van der Waals surface area contributed by atoms with Gasteiger partial charge in [-0.15, -0.1) is 0 Å². The molecule has 3 heterocycles. The Hall–Kier alpha value is -3.38. The number of halogens is 5. The van der Waals surface area contributed by atoms with Crippen LogP contribution in [0.4, 0.5) is 24.9 Å². The third-order valence-electron chi connectivity index (χ3n) is 4.49. The minimum Gasteiger partial charge on any atom is -0.368 e. The van der Waals surface area contributed by atoms with Crippen molar-refractivity contribution in [1.82, 2.24) is 29.7 Å². The van der Waals surface area contributed by atoms with E-state index in [-0.39, 0.29) is 33.4 Å². The van der Waals surface area contributed by atoms with Crippen LogP contribution in [0, 0.1) is 5.82 Å². The van der Waals surface area contributed by atoms with Crippen LogP contribution in [0.1, 0.15) is 30.9 Å². The number of hydrogen-bond acceptors (Lipinski definition) is 7. The molecule has 4 aromatic rings. The second-order valence-electron chi connectivity index (χ2n) is 6.63. The molecule has 32 heavy (non-hydrogen) atoms. The number of nitrogens with zero attached hydrogens (tertiary/aromatic N) is 5.